The molecule has 0 spiro atoms. The van der Waals surface area contributed by atoms with Crippen LogP contribution < -0.4 is 5.32 Å². The van der Waals surface area contributed by atoms with Gasteiger partial charge in [0.05, 0.1) is 12.0 Å². The zero-order chi connectivity index (χ0) is 10.5. The molecule has 15 heavy (non-hydrogen) atoms. The van der Waals surface area contributed by atoms with Crippen molar-refractivity contribution in [1.82, 2.24) is 19.8 Å². The van der Waals surface area contributed by atoms with Crippen LogP contribution in [0.4, 0.5) is 0 Å². The summed E-state index contributed by atoms with van der Waals surface area (Å²) in [5.74, 6) is 0. The average molecular weight is 208 g/mol. The summed E-state index contributed by atoms with van der Waals surface area (Å²) in [6, 6.07) is 0. The summed E-state index contributed by atoms with van der Waals surface area (Å²) in [5.41, 5.74) is 1.12. The van der Waals surface area contributed by atoms with Crippen molar-refractivity contribution >= 4 is 0 Å². The van der Waals surface area contributed by atoms with Crippen LogP contribution in [0, 0.1) is 0 Å². The van der Waals surface area contributed by atoms with Crippen LogP contribution in [0.5, 0.6) is 0 Å². The van der Waals surface area contributed by atoms with E-state index in [-0.39, 0.29) is 0 Å². The number of likely N-dealkylation sites (tertiary alicyclic amines) is 1. The molecule has 1 aliphatic heterocycles. The highest BCUT2D eigenvalue weighted by Gasteiger charge is 2.09. The number of hydrogen-bond donors (Lipinski definition) is 1. The van der Waals surface area contributed by atoms with Crippen molar-refractivity contribution in [2.75, 3.05) is 26.2 Å². The summed E-state index contributed by atoms with van der Waals surface area (Å²) in [4.78, 5) is 6.79. The Kier molecular flexibility index (Phi) is 3.75. The van der Waals surface area contributed by atoms with E-state index in [1.54, 1.807) is 0 Å². The second kappa shape index (κ2) is 5.28. The van der Waals surface area contributed by atoms with Crippen LogP contribution in [0.1, 0.15) is 18.5 Å². The van der Waals surface area contributed by atoms with E-state index in [0.717, 1.165) is 18.8 Å². The molecule has 1 aromatic heterocycles. The van der Waals surface area contributed by atoms with Gasteiger partial charge in [-0.2, -0.15) is 0 Å². The highest BCUT2D eigenvalue weighted by Crippen LogP contribution is 2.05. The topological polar surface area (TPSA) is 33.1 Å². The minimum absolute atomic E-state index is 0.884. The van der Waals surface area contributed by atoms with Crippen LogP contribution in [0.3, 0.4) is 0 Å². The predicted molar refractivity (Wildman–Crippen MR) is 60.6 cm³/mol. The molecule has 1 aromatic rings. The fraction of sp³-hybridized carbons (Fsp3) is 0.727. The van der Waals surface area contributed by atoms with Crippen LogP contribution >= 0.6 is 0 Å². The maximum absolute atomic E-state index is 4.27. The molecule has 0 atom stereocenters. The molecule has 0 amide bonds. The van der Waals surface area contributed by atoms with Crippen LogP contribution in [0.2, 0.25) is 0 Å². The first-order chi connectivity index (χ1) is 7.34. The zero-order valence-corrected chi connectivity index (χ0v) is 9.45. The van der Waals surface area contributed by atoms with E-state index in [0.29, 0.717) is 0 Å². The lowest BCUT2D eigenvalue weighted by molar-refractivity contribution is 0.335. The third-order valence-corrected chi connectivity index (χ3v) is 2.87. The lowest BCUT2D eigenvalue weighted by atomic mass is 10.4. The number of nitrogens with one attached hydrogen (secondary N) is 1. The van der Waals surface area contributed by atoms with Gasteiger partial charge in [0.15, 0.2) is 0 Å². The summed E-state index contributed by atoms with van der Waals surface area (Å²) in [6.07, 6.45) is 6.65. The van der Waals surface area contributed by atoms with Gasteiger partial charge in [-0.25, -0.2) is 4.98 Å². The van der Waals surface area contributed by atoms with Crippen molar-refractivity contribution in [3.05, 3.63) is 18.2 Å². The van der Waals surface area contributed by atoms with Crippen molar-refractivity contribution in [3.63, 3.8) is 0 Å². The van der Waals surface area contributed by atoms with E-state index >= 15 is 0 Å². The fourth-order valence-corrected chi connectivity index (χ4v) is 2.02. The highest BCUT2D eigenvalue weighted by molar-refractivity contribution is 4.95. The largest absolute Gasteiger partial charge is 0.340 e. The van der Waals surface area contributed by atoms with Crippen molar-refractivity contribution in [2.45, 2.75) is 19.4 Å². The maximum atomic E-state index is 4.27. The van der Waals surface area contributed by atoms with E-state index in [1.165, 1.54) is 32.5 Å². The Hall–Kier alpha value is -0.870. The smallest absolute Gasteiger partial charge is 0.0947 e. The lowest BCUT2D eigenvalue weighted by Gasteiger charge is -2.14. The monoisotopic (exact) mass is 208 g/mol. The second-order valence-corrected chi connectivity index (χ2v) is 4.26. The average Bonchev–Trinajstić information content (AvgIpc) is 2.84. The fourth-order valence-electron chi connectivity index (χ4n) is 2.02. The van der Waals surface area contributed by atoms with Gasteiger partial charge in [0.1, 0.15) is 0 Å². The van der Waals surface area contributed by atoms with E-state index in [2.05, 4.69) is 21.4 Å². The molecular formula is C11H20N4. The van der Waals surface area contributed by atoms with Crippen LogP contribution in [0.25, 0.3) is 0 Å². The molecule has 1 N–H and O–H groups in total. The van der Waals surface area contributed by atoms with Crippen molar-refractivity contribution in [1.29, 1.82) is 0 Å². The Morgan fingerprint density at radius 2 is 2.20 bits per heavy atom. The van der Waals surface area contributed by atoms with E-state index in [4.69, 9.17) is 0 Å². The predicted octanol–water partition coefficient (Wildman–Crippen LogP) is 0.605. The number of hydrogen-bond acceptors (Lipinski definition) is 3. The molecule has 0 unspecified atom stereocenters. The van der Waals surface area contributed by atoms with Gasteiger partial charge in [-0.05, 0) is 25.9 Å². The Morgan fingerprint density at radius 3 is 2.87 bits per heavy atom. The molecule has 2 rings (SSSR count). The van der Waals surface area contributed by atoms with Crippen LogP contribution in [-0.4, -0.2) is 40.6 Å². The third-order valence-electron chi connectivity index (χ3n) is 2.87. The second-order valence-electron chi connectivity index (χ2n) is 4.26. The lowest BCUT2D eigenvalue weighted by Crippen LogP contribution is -2.29. The van der Waals surface area contributed by atoms with Crippen molar-refractivity contribution in [3.8, 4) is 0 Å². The summed E-state index contributed by atoms with van der Waals surface area (Å²) in [5, 5.41) is 3.42. The van der Waals surface area contributed by atoms with E-state index in [9.17, 15) is 0 Å². The first-order valence-corrected chi connectivity index (χ1v) is 5.74. The van der Waals surface area contributed by atoms with E-state index in [1.807, 2.05) is 17.9 Å². The molecule has 2 heterocycles. The van der Waals surface area contributed by atoms with Gasteiger partial charge in [0, 0.05) is 32.9 Å². The maximum Gasteiger partial charge on any atom is 0.0947 e. The Balaban J connectivity index is 1.58. The number of aryl methyl sites for hydroxylation is 1. The zero-order valence-electron chi connectivity index (χ0n) is 9.45. The molecule has 1 saturated heterocycles. The van der Waals surface area contributed by atoms with Crippen LogP contribution in [0.15, 0.2) is 12.5 Å². The van der Waals surface area contributed by atoms with Gasteiger partial charge in [0.2, 0.25) is 0 Å². The minimum Gasteiger partial charge on any atom is -0.340 e. The van der Waals surface area contributed by atoms with Crippen LogP contribution in [-0.2, 0) is 13.6 Å². The number of rotatable bonds is 5. The summed E-state index contributed by atoms with van der Waals surface area (Å²) >= 11 is 0. The number of imidazole rings is 1. The van der Waals surface area contributed by atoms with Crippen molar-refractivity contribution < 1.29 is 0 Å². The Bertz CT molecular complexity index is 289. The Labute approximate surface area is 91.3 Å². The summed E-state index contributed by atoms with van der Waals surface area (Å²) in [7, 11) is 2.00. The molecule has 1 fully saturated rings. The first-order valence-electron chi connectivity index (χ1n) is 5.74. The molecule has 4 heteroatoms. The number of aromatic nitrogens is 2. The molecule has 1 aliphatic rings. The molecule has 0 radical (unpaired) electrons. The summed E-state index contributed by atoms with van der Waals surface area (Å²) in [6.45, 7) is 5.69. The SMILES string of the molecule is Cn1cnc(CNCCN2CCCC2)c1. The van der Waals surface area contributed by atoms with Gasteiger partial charge in [-0.3, -0.25) is 0 Å². The normalized spacial score (nSPS) is 17.4. The third kappa shape index (κ3) is 3.32. The van der Waals surface area contributed by atoms with E-state index < -0.39 is 0 Å². The quantitative estimate of drug-likeness (QED) is 0.720. The van der Waals surface area contributed by atoms with Crippen molar-refractivity contribution in [2.24, 2.45) is 7.05 Å². The standard InChI is InChI=1S/C11H20N4/c1-14-9-11(13-10-14)8-12-4-7-15-5-2-3-6-15/h9-10,12H,2-8H2,1H3. The number of nitrogens with zero attached hydrogens (tertiary/aromatic N) is 3. The van der Waals surface area contributed by atoms with Gasteiger partial charge >= 0.3 is 0 Å². The van der Waals surface area contributed by atoms with Gasteiger partial charge < -0.3 is 14.8 Å². The molecule has 4 nitrogen and oxygen atoms in total. The molecular weight excluding hydrogens is 188 g/mol. The molecule has 0 aromatic carbocycles. The summed E-state index contributed by atoms with van der Waals surface area (Å²) < 4.78 is 1.98. The molecule has 0 aliphatic carbocycles. The van der Waals surface area contributed by atoms with Gasteiger partial charge in [-0.1, -0.05) is 0 Å². The molecule has 0 saturated carbocycles. The first kappa shape index (κ1) is 10.6. The molecule has 84 valence electrons. The minimum atomic E-state index is 0.884. The van der Waals surface area contributed by atoms with Gasteiger partial charge in [-0.15, -0.1) is 0 Å². The Morgan fingerprint density at radius 1 is 1.40 bits per heavy atom. The van der Waals surface area contributed by atoms with Gasteiger partial charge in [0.25, 0.3) is 0 Å². The highest BCUT2D eigenvalue weighted by atomic mass is 15.1. The molecule has 0 bridgehead atoms.